The first-order valence-electron chi connectivity index (χ1n) is 21.0. The van der Waals surface area contributed by atoms with E-state index >= 15 is 0 Å². The molecule has 6 heterocycles. The minimum Gasteiger partial charge on any atom is -0.501 e. The zero-order valence-corrected chi connectivity index (χ0v) is 39.0. The van der Waals surface area contributed by atoms with Gasteiger partial charge in [0.05, 0.1) is 38.8 Å². The van der Waals surface area contributed by atoms with Gasteiger partial charge in [0, 0.05) is 62.5 Å². The van der Waals surface area contributed by atoms with Crippen LogP contribution in [0.5, 0.6) is 5.75 Å². The third-order valence-electron chi connectivity index (χ3n) is 12.5. The molecule has 0 amide bonds. The van der Waals surface area contributed by atoms with Gasteiger partial charge in [0.15, 0.2) is 0 Å². The Bertz CT molecular complexity index is 3310. The van der Waals surface area contributed by atoms with Crippen LogP contribution in [0.15, 0.2) is 158 Å². The van der Waals surface area contributed by atoms with Crippen LogP contribution in [0, 0.1) is 0 Å². The highest BCUT2D eigenvalue weighted by molar-refractivity contribution is 7.42. The van der Waals surface area contributed by atoms with Gasteiger partial charge in [0.25, 0.3) is 0 Å². The fourth-order valence-electron chi connectivity index (χ4n) is 9.50. The summed E-state index contributed by atoms with van der Waals surface area (Å²) in [7, 11) is 3.61. The first kappa shape index (κ1) is 38.6. The van der Waals surface area contributed by atoms with E-state index in [0.717, 1.165) is 30.8 Å². The van der Waals surface area contributed by atoms with Crippen LogP contribution < -0.4 is 4.74 Å². The van der Waals surface area contributed by atoms with Gasteiger partial charge in [-0.3, -0.25) is 0 Å². The van der Waals surface area contributed by atoms with E-state index in [1.54, 1.807) is 14.2 Å². The molecule has 0 N–H and O–H groups in total. The average molecular weight is 913 g/mol. The smallest absolute Gasteiger partial charge is 0.119 e. The summed E-state index contributed by atoms with van der Waals surface area (Å²) < 4.78 is 23.1. The van der Waals surface area contributed by atoms with Crippen LogP contribution in [0.1, 0.15) is 64.1 Å². The molecule has 8 heteroatoms. The normalized spacial score (nSPS) is 18.9. The standard InChI is InChI=1S/C54H40O2S6/c1-55-35-23-37(31-15-7-3-8-16-31)49(38(24-35)32-17-9-4-10-18-32)43-29-47-53(61-43)51-45(57-47)27-41(59-51)42-28-46-52(60-42)54-48(58-46)30-44(62-54)50-39(33-19-11-5-12-20-33)25-36(56-2)26-40(50)34-21-13-6-14-22-34/h3-19,21,23,25-30,33-34,38H,20,22,24H2,1-2H3. The summed E-state index contributed by atoms with van der Waals surface area (Å²) in [5.41, 5.74) is 9.33. The lowest BCUT2D eigenvalue weighted by Gasteiger charge is -2.28. The SMILES string of the molecule is COC1=CC(c2ccccc2)=C(c2cc3sc4cc(-c5cc6sc7cc(-c8c(C9C=CC=CC9)cc(OC)cc8C8C=CC=CC8)sc7c6s5)sc4c3s2)C(c2ccccc2)C1. The first-order valence-corrected chi connectivity index (χ1v) is 25.9. The molecule has 0 saturated heterocycles. The molecule has 2 nitrogen and oxygen atoms in total. The van der Waals surface area contributed by atoms with Crippen molar-refractivity contribution in [3.63, 3.8) is 0 Å². The van der Waals surface area contributed by atoms with Gasteiger partial charge in [-0.15, -0.1) is 68.0 Å². The van der Waals surface area contributed by atoms with Crippen molar-refractivity contribution in [1.82, 2.24) is 0 Å². The topological polar surface area (TPSA) is 18.5 Å². The van der Waals surface area contributed by atoms with E-state index in [-0.39, 0.29) is 5.92 Å². The molecule has 62 heavy (non-hydrogen) atoms. The van der Waals surface area contributed by atoms with E-state index in [0.29, 0.717) is 11.8 Å². The van der Waals surface area contributed by atoms with Gasteiger partial charge in [-0.05, 0) is 94.3 Å². The molecule has 3 aliphatic rings. The predicted octanol–water partition coefficient (Wildman–Crippen LogP) is 17.8. The molecule has 0 aliphatic heterocycles. The monoisotopic (exact) mass is 912 g/mol. The van der Waals surface area contributed by atoms with Gasteiger partial charge in [-0.25, -0.2) is 0 Å². The van der Waals surface area contributed by atoms with E-state index < -0.39 is 0 Å². The predicted molar refractivity (Wildman–Crippen MR) is 275 cm³/mol. The number of thiophene rings is 6. The second-order valence-electron chi connectivity index (χ2n) is 16.1. The molecule has 304 valence electrons. The summed E-state index contributed by atoms with van der Waals surface area (Å²) in [4.78, 5) is 5.45. The van der Waals surface area contributed by atoms with Crippen LogP contribution in [0.25, 0.3) is 68.9 Å². The van der Waals surface area contributed by atoms with Crippen LogP contribution >= 0.6 is 68.0 Å². The summed E-state index contributed by atoms with van der Waals surface area (Å²) >= 11 is 11.8. The van der Waals surface area contributed by atoms with Gasteiger partial charge in [-0.1, -0.05) is 109 Å². The molecular weight excluding hydrogens is 873 g/mol. The molecule has 0 radical (unpaired) electrons. The number of hydrogen-bond acceptors (Lipinski definition) is 8. The van der Waals surface area contributed by atoms with Crippen LogP contribution in [0.2, 0.25) is 0 Å². The summed E-state index contributed by atoms with van der Waals surface area (Å²) in [6, 6.07) is 36.3. The Hall–Kier alpha value is -5.06. The molecule has 6 aromatic heterocycles. The summed E-state index contributed by atoms with van der Waals surface area (Å²) in [5, 5.41) is 0. The maximum absolute atomic E-state index is 5.97. The molecule has 3 unspecified atom stereocenters. The number of hydrogen-bond donors (Lipinski definition) is 0. The number of allylic oxidation sites excluding steroid dienone is 12. The summed E-state index contributed by atoms with van der Waals surface area (Å²) in [6.45, 7) is 0. The zero-order valence-electron chi connectivity index (χ0n) is 34.1. The quantitative estimate of drug-likeness (QED) is 0.144. The van der Waals surface area contributed by atoms with Crippen molar-refractivity contribution in [1.29, 1.82) is 0 Å². The number of fused-ring (bicyclic) bond motifs is 6. The molecular formula is C54H40O2S6. The highest BCUT2D eigenvalue weighted by Gasteiger charge is 2.31. The van der Waals surface area contributed by atoms with Crippen LogP contribution in [0.4, 0.5) is 0 Å². The second-order valence-corrected chi connectivity index (χ2v) is 22.5. The Balaban J connectivity index is 0.941. The van der Waals surface area contributed by atoms with Crippen molar-refractivity contribution in [2.24, 2.45) is 0 Å². The first-order chi connectivity index (χ1) is 30.6. The maximum atomic E-state index is 5.97. The maximum Gasteiger partial charge on any atom is 0.119 e. The number of ether oxygens (including phenoxy) is 2. The largest absolute Gasteiger partial charge is 0.501 e. The Labute approximate surface area is 385 Å². The molecule has 3 aliphatic carbocycles. The molecule has 3 aromatic carbocycles. The lowest BCUT2D eigenvalue weighted by atomic mass is 9.79. The molecule has 12 rings (SSSR count). The van der Waals surface area contributed by atoms with Gasteiger partial charge in [0.1, 0.15) is 5.75 Å². The Morgan fingerprint density at radius 3 is 1.56 bits per heavy atom. The molecule has 0 fully saturated rings. The van der Waals surface area contributed by atoms with Crippen molar-refractivity contribution in [2.45, 2.75) is 37.0 Å². The van der Waals surface area contributed by atoms with E-state index in [4.69, 9.17) is 9.47 Å². The van der Waals surface area contributed by atoms with Crippen molar-refractivity contribution >= 4 is 117 Å². The van der Waals surface area contributed by atoms with E-state index in [1.165, 1.54) is 96.1 Å². The van der Waals surface area contributed by atoms with Crippen LogP contribution in [-0.4, -0.2) is 14.2 Å². The second kappa shape index (κ2) is 15.9. The number of rotatable bonds is 9. The Morgan fingerprint density at radius 1 is 0.516 bits per heavy atom. The van der Waals surface area contributed by atoms with Crippen LogP contribution in [0.3, 0.4) is 0 Å². The van der Waals surface area contributed by atoms with Gasteiger partial charge in [0.2, 0.25) is 0 Å². The van der Waals surface area contributed by atoms with E-state index in [1.807, 2.05) is 68.0 Å². The molecule has 9 aromatic rings. The lowest BCUT2D eigenvalue weighted by molar-refractivity contribution is 0.274. The zero-order chi connectivity index (χ0) is 41.3. The Morgan fingerprint density at radius 2 is 1.03 bits per heavy atom. The third-order valence-corrected chi connectivity index (χ3v) is 20.3. The molecule has 0 bridgehead atoms. The minimum absolute atomic E-state index is 0.201. The minimum atomic E-state index is 0.201. The Kier molecular flexibility index (Phi) is 9.92. The fourth-order valence-corrected chi connectivity index (χ4v) is 17.8. The van der Waals surface area contributed by atoms with Crippen LogP contribution in [-0.2, 0) is 4.74 Å². The lowest BCUT2D eigenvalue weighted by Crippen LogP contribution is -2.10. The molecule has 0 saturated carbocycles. The van der Waals surface area contributed by atoms with Gasteiger partial charge < -0.3 is 9.47 Å². The summed E-state index contributed by atoms with van der Waals surface area (Å²) in [5.74, 6) is 2.80. The van der Waals surface area contributed by atoms with E-state index in [2.05, 4.69) is 152 Å². The number of benzene rings is 3. The average Bonchev–Trinajstić information content (AvgIpc) is 4.19. The van der Waals surface area contributed by atoms with E-state index in [9.17, 15) is 0 Å². The highest BCUT2D eigenvalue weighted by atomic mass is 32.1. The van der Waals surface area contributed by atoms with Gasteiger partial charge in [-0.2, -0.15) is 0 Å². The molecule has 3 atom stereocenters. The van der Waals surface area contributed by atoms with Crippen molar-refractivity contribution in [2.75, 3.05) is 14.2 Å². The highest BCUT2D eigenvalue weighted by Crippen LogP contribution is 2.55. The van der Waals surface area contributed by atoms with Crippen molar-refractivity contribution in [3.8, 4) is 25.9 Å². The third kappa shape index (κ3) is 6.66. The van der Waals surface area contributed by atoms with Crippen molar-refractivity contribution < 1.29 is 9.47 Å². The summed E-state index contributed by atoms with van der Waals surface area (Å²) in [6.07, 6.45) is 23.2. The van der Waals surface area contributed by atoms with Crippen molar-refractivity contribution in [3.05, 3.63) is 185 Å². The van der Waals surface area contributed by atoms with Gasteiger partial charge >= 0.3 is 0 Å². The molecule has 0 spiro atoms. The number of methoxy groups -OCH3 is 2. The fraction of sp³-hybridized carbons (Fsp3) is 0.148.